The molecule has 0 bridgehead atoms. The third-order valence-electron chi connectivity index (χ3n) is 2.15. The Balaban J connectivity index is 4.35. The highest BCUT2D eigenvalue weighted by Gasteiger charge is 2.23. The van der Waals surface area contributed by atoms with Crippen molar-refractivity contribution in [2.24, 2.45) is 0 Å². The summed E-state index contributed by atoms with van der Waals surface area (Å²) in [7, 11) is 1.14. The van der Waals surface area contributed by atoms with E-state index < -0.39 is 42.4 Å². The predicted octanol–water partition coefficient (Wildman–Crippen LogP) is -0.835. The van der Waals surface area contributed by atoms with Crippen LogP contribution in [0.1, 0.15) is 19.8 Å². The molecule has 0 aliphatic heterocycles. The number of ether oxygens (including phenoxy) is 1. The van der Waals surface area contributed by atoms with Crippen molar-refractivity contribution in [2.45, 2.75) is 31.8 Å². The van der Waals surface area contributed by atoms with E-state index in [1.54, 1.807) is 0 Å². The molecule has 0 rings (SSSR count). The van der Waals surface area contributed by atoms with Crippen LogP contribution in [0, 0.1) is 0 Å². The fraction of sp³-hybridized carbons (Fsp3) is 0.600. The summed E-state index contributed by atoms with van der Waals surface area (Å²) in [5.41, 5.74) is 0. The molecule has 0 fully saturated rings. The van der Waals surface area contributed by atoms with Crippen LogP contribution in [0.5, 0.6) is 0 Å². The van der Waals surface area contributed by atoms with E-state index in [0.29, 0.717) is 0 Å². The summed E-state index contributed by atoms with van der Waals surface area (Å²) in [5.74, 6) is -3.22. The van der Waals surface area contributed by atoms with Crippen LogP contribution in [-0.4, -0.2) is 53.3 Å². The summed E-state index contributed by atoms with van der Waals surface area (Å²) >= 11 is 0. The number of carboxylic acid groups (broad SMARTS) is 2. The van der Waals surface area contributed by atoms with Crippen molar-refractivity contribution in [3.63, 3.8) is 0 Å². The van der Waals surface area contributed by atoms with E-state index in [-0.39, 0.29) is 6.42 Å². The number of rotatable bonds is 7. The number of nitrogens with one attached hydrogen (secondary N) is 2. The van der Waals surface area contributed by atoms with Crippen molar-refractivity contribution in [1.29, 1.82) is 0 Å². The second kappa shape index (κ2) is 7.90. The van der Waals surface area contributed by atoms with E-state index in [4.69, 9.17) is 10.2 Å². The first-order valence-corrected chi connectivity index (χ1v) is 5.37. The highest BCUT2D eigenvalue weighted by Crippen LogP contribution is 1.98. The average molecular weight is 276 g/mol. The van der Waals surface area contributed by atoms with Crippen LogP contribution in [0.2, 0.25) is 0 Å². The Morgan fingerprint density at radius 3 is 2.16 bits per heavy atom. The van der Waals surface area contributed by atoms with Gasteiger partial charge in [-0.3, -0.25) is 4.79 Å². The van der Waals surface area contributed by atoms with Gasteiger partial charge in [0.1, 0.15) is 12.1 Å². The number of methoxy groups -OCH3 is 1. The van der Waals surface area contributed by atoms with Crippen molar-refractivity contribution >= 4 is 23.9 Å². The van der Waals surface area contributed by atoms with Gasteiger partial charge in [0.15, 0.2) is 0 Å². The number of carbonyl (C=O) groups is 4. The average Bonchev–Trinajstić information content (AvgIpc) is 2.32. The first-order chi connectivity index (χ1) is 8.77. The van der Waals surface area contributed by atoms with E-state index in [1.165, 1.54) is 6.92 Å². The molecule has 0 aromatic carbocycles. The van der Waals surface area contributed by atoms with E-state index in [0.717, 1.165) is 7.11 Å². The molecule has 108 valence electrons. The minimum Gasteiger partial charge on any atom is -0.481 e. The Bertz CT molecular complexity index is 369. The highest BCUT2D eigenvalue weighted by atomic mass is 16.5. The van der Waals surface area contributed by atoms with E-state index in [9.17, 15) is 19.2 Å². The first-order valence-electron chi connectivity index (χ1n) is 5.37. The second-order valence-electron chi connectivity index (χ2n) is 3.69. The third-order valence-corrected chi connectivity index (χ3v) is 2.15. The summed E-state index contributed by atoms with van der Waals surface area (Å²) < 4.78 is 4.37. The molecule has 0 heterocycles. The number of esters is 1. The van der Waals surface area contributed by atoms with E-state index in [2.05, 4.69) is 15.4 Å². The zero-order valence-corrected chi connectivity index (χ0v) is 10.5. The van der Waals surface area contributed by atoms with Gasteiger partial charge in [0.2, 0.25) is 0 Å². The predicted molar refractivity (Wildman–Crippen MR) is 61.4 cm³/mol. The zero-order chi connectivity index (χ0) is 15.0. The number of hydrogen-bond acceptors (Lipinski definition) is 5. The van der Waals surface area contributed by atoms with Crippen molar-refractivity contribution in [1.82, 2.24) is 10.6 Å². The summed E-state index contributed by atoms with van der Waals surface area (Å²) in [6.45, 7) is 1.36. The maximum Gasteiger partial charge on any atom is 0.328 e. The lowest BCUT2D eigenvalue weighted by atomic mass is 10.1. The van der Waals surface area contributed by atoms with Gasteiger partial charge >= 0.3 is 23.9 Å². The minimum atomic E-state index is -1.36. The Kier molecular flexibility index (Phi) is 6.94. The summed E-state index contributed by atoms with van der Waals surface area (Å²) in [5, 5.41) is 21.5. The Morgan fingerprint density at radius 2 is 1.74 bits per heavy atom. The number of amides is 2. The van der Waals surface area contributed by atoms with Gasteiger partial charge in [-0.1, -0.05) is 0 Å². The van der Waals surface area contributed by atoms with Crippen molar-refractivity contribution in [3.05, 3.63) is 0 Å². The Labute approximate surface area is 108 Å². The van der Waals surface area contributed by atoms with E-state index >= 15 is 0 Å². The number of carboxylic acids is 2. The smallest absolute Gasteiger partial charge is 0.328 e. The van der Waals surface area contributed by atoms with E-state index in [1.807, 2.05) is 0 Å². The molecule has 0 aromatic rings. The van der Waals surface area contributed by atoms with Gasteiger partial charge in [-0.05, 0) is 13.3 Å². The second-order valence-corrected chi connectivity index (χ2v) is 3.69. The number of aliphatic carboxylic acids is 2. The molecule has 19 heavy (non-hydrogen) atoms. The maximum absolute atomic E-state index is 11.4. The molecular weight excluding hydrogens is 260 g/mol. The fourth-order valence-electron chi connectivity index (χ4n) is 1.16. The molecule has 0 aliphatic carbocycles. The van der Waals surface area contributed by atoms with Crippen LogP contribution in [0.4, 0.5) is 4.79 Å². The van der Waals surface area contributed by atoms with Crippen LogP contribution in [0.25, 0.3) is 0 Å². The van der Waals surface area contributed by atoms with Crippen LogP contribution in [-0.2, 0) is 19.1 Å². The molecule has 0 spiro atoms. The van der Waals surface area contributed by atoms with Crippen LogP contribution in [0.3, 0.4) is 0 Å². The zero-order valence-electron chi connectivity index (χ0n) is 10.5. The molecule has 2 amide bonds. The van der Waals surface area contributed by atoms with Gasteiger partial charge in [0, 0.05) is 6.42 Å². The summed E-state index contributed by atoms with van der Waals surface area (Å²) in [4.78, 5) is 43.5. The molecular formula is C10H16N2O7. The van der Waals surface area contributed by atoms with Gasteiger partial charge in [0.25, 0.3) is 0 Å². The first kappa shape index (κ1) is 16.7. The molecule has 2 unspecified atom stereocenters. The molecule has 0 aliphatic rings. The van der Waals surface area contributed by atoms with Gasteiger partial charge in [-0.2, -0.15) is 0 Å². The lowest BCUT2D eigenvalue weighted by Gasteiger charge is -2.16. The lowest BCUT2D eigenvalue weighted by Crippen LogP contribution is -2.50. The van der Waals surface area contributed by atoms with Crippen LogP contribution in [0.15, 0.2) is 0 Å². The largest absolute Gasteiger partial charge is 0.481 e. The highest BCUT2D eigenvalue weighted by molar-refractivity contribution is 5.86. The molecule has 0 aromatic heterocycles. The Morgan fingerprint density at radius 1 is 1.16 bits per heavy atom. The number of hydrogen-bond donors (Lipinski definition) is 4. The number of carbonyl (C=O) groups excluding carboxylic acids is 2. The third kappa shape index (κ3) is 6.86. The summed E-state index contributed by atoms with van der Waals surface area (Å²) in [6, 6.07) is -3.18. The van der Waals surface area contributed by atoms with Gasteiger partial charge in [-0.15, -0.1) is 0 Å². The SMILES string of the molecule is COC(=O)C(C)NC(=O)NC(CCC(=O)O)C(=O)O. The quantitative estimate of drug-likeness (QED) is 0.444. The molecule has 0 radical (unpaired) electrons. The van der Waals surface area contributed by atoms with Crippen LogP contribution >= 0.6 is 0 Å². The van der Waals surface area contributed by atoms with Gasteiger partial charge < -0.3 is 25.6 Å². The molecule has 9 nitrogen and oxygen atoms in total. The van der Waals surface area contributed by atoms with Crippen LogP contribution < -0.4 is 10.6 Å². The van der Waals surface area contributed by atoms with Crippen molar-refractivity contribution < 1.29 is 34.1 Å². The minimum absolute atomic E-state index is 0.259. The van der Waals surface area contributed by atoms with Crippen molar-refractivity contribution in [3.8, 4) is 0 Å². The maximum atomic E-state index is 11.4. The fourth-order valence-corrected chi connectivity index (χ4v) is 1.16. The summed E-state index contributed by atoms with van der Waals surface area (Å²) in [6.07, 6.45) is -0.658. The van der Waals surface area contributed by atoms with Crippen molar-refractivity contribution in [2.75, 3.05) is 7.11 Å². The number of urea groups is 1. The molecule has 0 saturated heterocycles. The normalized spacial score (nSPS) is 12.9. The monoisotopic (exact) mass is 276 g/mol. The standard InChI is InChI=1S/C10H16N2O7/c1-5(9(17)19-2)11-10(18)12-6(8(15)16)3-4-7(13)14/h5-6H,3-4H2,1-2H3,(H,13,14)(H,15,16)(H2,11,12,18). The molecule has 0 saturated carbocycles. The molecule has 9 heteroatoms. The topological polar surface area (TPSA) is 142 Å². The lowest BCUT2D eigenvalue weighted by molar-refractivity contribution is -0.142. The molecule has 2 atom stereocenters. The molecule has 4 N–H and O–H groups in total. The van der Waals surface area contributed by atoms with Gasteiger partial charge in [0.05, 0.1) is 7.11 Å². The van der Waals surface area contributed by atoms with Gasteiger partial charge in [-0.25, -0.2) is 14.4 Å². The Hall–Kier alpha value is -2.32.